The molecule has 1 atom stereocenters. The first-order chi connectivity index (χ1) is 12.2. The molecular formula is C19H18FN3OS. The maximum Gasteiger partial charge on any atom is 0.246 e. The average Bonchev–Trinajstić information content (AvgIpc) is 3.16. The molecule has 6 heteroatoms. The predicted octanol–water partition coefficient (Wildman–Crippen LogP) is 3.31. The van der Waals surface area contributed by atoms with Crippen LogP contribution in [0, 0.1) is 17.1 Å². The zero-order chi connectivity index (χ0) is 17.6. The lowest BCUT2D eigenvalue weighted by molar-refractivity contribution is -0.127. The standard InChI is InChI=1S/C19H18FN3OS/c20-16-5-3-15(4-6-16)18(14-21)22-9-11-23(12-10-22)19(24)8-7-17-2-1-13-25-17/h1-8,13,18H,9-12H2/b8-7+. The van der Waals surface area contributed by atoms with E-state index in [9.17, 15) is 14.4 Å². The number of rotatable bonds is 4. The number of hydrogen-bond acceptors (Lipinski definition) is 4. The van der Waals surface area contributed by atoms with Gasteiger partial charge in [0.05, 0.1) is 6.07 Å². The Bertz CT molecular complexity index is 772. The van der Waals surface area contributed by atoms with E-state index in [1.54, 1.807) is 34.4 Å². The molecular weight excluding hydrogens is 337 g/mol. The monoisotopic (exact) mass is 355 g/mol. The van der Waals surface area contributed by atoms with Crippen LogP contribution in [-0.4, -0.2) is 41.9 Å². The Kier molecular flexibility index (Phi) is 5.59. The van der Waals surface area contributed by atoms with E-state index in [1.165, 1.54) is 12.1 Å². The molecule has 0 N–H and O–H groups in total. The molecule has 128 valence electrons. The highest BCUT2D eigenvalue weighted by molar-refractivity contribution is 7.10. The van der Waals surface area contributed by atoms with Crippen molar-refractivity contribution in [1.29, 1.82) is 5.26 Å². The van der Waals surface area contributed by atoms with Crippen molar-refractivity contribution in [2.75, 3.05) is 26.2 Å². The minimum Gasteiger partial charge on any atom is -0.337 e. The number of thiophene rings is 1. The second-order valence-electron chi connectivity index (χ2n) is 5.79. The van der Waals surface area contributed by atoms with Crippen LogP contribution in [-0.2, 0) is 4.79 Å². The molecule has 0 spiro atoms. The molecule has 0 radical (unpaired) electrons. The van der Waals surface area contributed by atoms with Gasteiger partial charge in [-0.2, -0.15) is 5.26 Å². The molecule has 1 aliphatic rings. The van der Waals surface area contributed by atoms with Crippen molar-refractivity contribution < 1.29 is 9.18 Å². The smallest absolute Gasteiger partial charge is 0.246 e. The molecule has 1 saturated heterocycles. The van der Waals surface area contributed by atoms with Crippen LogP contribution in [0.1, 0.15) is 16.5 Å². The zero-order valence-electron chi connectivity index (χ0n) is 13.6. The lowest BCUT2D eigenvalue weighted by Crippen LogP contribution is -2.49. The van der Waals surface area contributed by atoms with Crippen LogP contribution < -0.4 is 0 Å². The fourth-order valence-corrected chi connectivity index (χ4v) is 3.48. The van der Waals surface area contributed by atoms with Crippen molar-refractivity contribution in [1.82, 2.24) is 9.80 Å². The third kappa shape index (κ3) is 4.32. The van der Waals surface area contributed by atoms with Crippen molar-refractivity contribution in [3.05, 3.63) is 64.1 Å². The highest BCUT2D eigenvalue weighted by Crippen LogP contribution is 2.22. The fourth-order valence-electron chi connectivity index (χ4n) is 2.86. The first-order valence-electron chi connectivity index (χ1n) is 8.07. The number of nitrogens with zero attached hydrogens (tertiary/aromatic N) is 3. The fraction of sp³-hybridized carbons (Fsp3) is 0.263. The molecule has 2 aromatic rings. The van der Waals surface area contributed by atoms with E-state index in [0.29, 0.717) is 26.2 Å². The van der Waals surface area contributed by atoms with E-state index in [2.05, 4.69) is 6.07 Å². The molecule has 3 rings (SSSR count). The van der Waals surface area contributed by atoms with Gasteiger partial charge in [0.1, 0.15) is 11.9 Å². The molecule has 0 saturated carbocycles. The average molecular weight is 355 g/mol. The van der Waals surface area contributed by atoms with Gasteiger partial charge in [-0.25, -0.2) is 4.39 Å². The second-order valence-corrected chi connectivity index (χ2v) is 6.77. The Morgan fingerprint density at radius 1 is 1.20 bits per heavy atom. The highest BCUT2D eigenvalue weighted by atomic mass is 32.1. The number of benzene rings is 1. The van der Waals surface area contributed by atoms with E-state index in [0.717, 1.165) is 10.4 Å². The maximum absolute atomic E-state index is 13.1. The molecule has 1 fully saturated rings. The molecule has 2 heterocycles. The highest BCUT2D eigenvalue weighted by Gasteiger charge is 2.26. The van der Waals surface area contributed by atoms with Gasteiger partial charge in [0, 0.05) is 37.1 Å². The van der Waals surface area contributed by atoms with Gasteiger partial charge in [-0.15, -0.1) is 11.3 Å². The largest absolute Gasteiger partial charge is 0.337 e. The number of piperazine rings is 1. The number of amides is 1. The van der Waals surface area contributed by atoms with Crippen molar-refractivity contribution in [2.45, 2.75) is 6.04 Å². The van der Waals surface area contributed by atoms with Crippen molar-refractivity contribution in [3.63, 3.8) is 0 Å². The first kappa shape index (κ1) is 17.3. The zero-order valence-corrected chi connectivity index (χ0v) is 14.5. The molecule has 0 bridgehead atoms. The van der Waals surface area contributed by atoms with Gasteiger partial charge in [0.25, 0.3) is 0 Å². The molecule has 1 unspecified atom stereocenters. The van der Waals surface area contributed by atoms with Crippen LogP contribution in [0.25, 0.3) is 6.08 Å². The van der Waals surface area contributed by atoms with Crippen LogP contribution >= 0.6 is 11.3 Å². The van der Waals surface area contributed by atoms with Crippen LogP contribution in [0.5, 0.6) is 0 Å². The molecule has 0 aliphatic carbocycles. The number of carbonyl (C=O) groups excluding carboxylic acids is 1. The summed E-state index contributed by atoms with van der Waals surface area (Å²) in [6.07, 6.45) is 3.43. The first-order valence-corrected chi connectivity index (χ1v) is 8.95. The topological polar surface area (TPSA) is 47.3 Å². The molecule has 1 aromatic heterocycles. The van der Waals surface area contributed by atoms with Crippen molar-refractivity contribution in [2.24, 2.45) is 0 Å². The number of nitriles is 1. The molecule has 1 aliphatic heterocycles. The van der Waals surface area contributed by atoms with Gasteiger partial charge in [-0.05, 0) is 35.2 Å². The van der Waals surface area contributed by atoms with Crippen molar-refractivity contribution >= 4 is 23.3 Å². The normalized spacial score (nSPS) is 16.7. The molecule has 4 nitrogen and oxygen atoms in total. The van der Waals surface area contributed by atoms with Gasteiger partial charge in [0.15, 0.2) is 0 Å². The third-order valence-corrected chi connectivity index (χ3v) is 5.07. The van der Waals surface area contributed by atoms with Gasteiger partial charge in [0.2, 0.25) is 5.91 Å². The molecule has 1 amide bonds. The van der Waals surface area contributed by atoms with E-state index >= 15 is 0 Å². The van der Waals surface area contributed by atoms with E-state index in [1.807, 2.05) is 28.5 Å². The minimum absolute atomic E-state index is 0.0108. The van der Waals surface area contributed by atoms with Gasteiger partial charge < -0.3 is 4.90 Å². The van der Waals surface area contributed by atoms with Crippen LogP contribution in [0.3, 0.4) is 0 Å². The number of carbonyl (C=O) groups is 1. The van der Waals surface area contributed by atoms with Crippen LogP contribution in [0.2, 0.25) is 0 Å². The van der Waals surface area contributed by atoms with Gasteiger partial charge in [-0.3, -0.25) is 9.69 Å². The summed E-state index contributed by atoms with van der Waals surface area (Å²) in [4.78, 5) is 17.1. The van der Waals surface area contributed by atoms with Crippen LogP contribution in [0.15, 0.2) is 47.9 Å². The van der Waals surface area contributed by atoms with Crippen LogP contribution in [0.4, 0.5) is 4.39 Å². The molecule has 25 heavy (non-hydrogen) atoms. The summed E-state index contributed by atoms with van der Waals surface area (Å²) in [6.45, 7) is 2.39. The summed E-state index contributed by atoms with van der Waals surface area (Å²) in [6, 6.07) is 11.8. The summed E-state index contributed by atoms with van der Waals surface area (Å²) in [5, 5.41) is 11.5. The minimum atomic E-state index is -0.417. The lowest BCUT2D eigenvalue weighted by atomic mass is 10.1. The third-order valence-electron chi connectivity index (χ3n) is 4.23. The van der Waals surface area contributed by atoms with E-state index < -0.39 is 6.04 Å². The van der Waals surface area contributed by atoms with Gasteiger partial charge >= 0.3 is 0 Å². The number of hydrogen-bond donors (Lipinski definition) is 0. The Hall–Kier alpha value is -2.49. The summed E-state index contributed by atoms with van der Waals surface area (Å²) in [7, 11) is 0. The predicted molar refractivity (Wildman–Crippen MR) is 96.3 cm³/mol. The quantitative estimate of drug-likeness (QED) is 0.791. The Labute approximate surface area is 150 Å². The van der Waals surface area contributed by atoms with Gasteiger partial charge in [-0.1, -0.05) is 18.2 Å². The summed E-state index contributed by atoms with van der Waals surface area (Å²) in [5.41, 5.74) is 0.779. The summed E-state index contributed by atoms with van der Waals surface area (Å²) >= 11 is 1.59. The Balaban J connectivity index is 1.58. The van der Waals surface area contributed by atoms with E-state index in [-0.39, 0.29) is 11.7 Å². The van der Waals surface area contributed by atoms with Crippen molar-refractivity contribution in [3.8, 4) is 6.07 Å². The Morgan fingerprint density at radius 2 is 1.92 bits per heavy atom. The van der Waals surface area contributed by atoms with E-state index in [4.69, 9.17) is 0 Å². The SMILES string of the molecule is N#CC(c1ccc(F)cc1)N1CCN(C(=O)/C=C/c2cccs2)CC1. The lowest BCUT2D eigenvalue weighted by Gasteiger charge is -2.36. The summed E-state index contributed by atoms with van der Waals surface area (Å²) in [5.74, 6) is -0.322. The molecule has 1 aromatic carbocycles. The second kappa shape index (κ2) is 8.06. The Morgan fingerprint density at radius 3 is 2.52 bits per heavy atom. The number of halogens is 1. The maximum atomic E-state index is 13.1. The summed E-state index contributed by atoms with van der Waals surface area (Å²) < 4.78 is 13.1.